The topological polar surface area (TPSA) is 0 Å². The summed E-state index contributed by atoms with van der Waals surface area (Å²) < 4.78 is 0. The van der Waals surface area contributed by atoms with E-state index in [-0.39, 0.29) is 0 Å². The lowest BCUT2D eigenvalue weighted by molar-refractivity contribution is 0.940. The second kappa shape index (κ2) is 5.31. The molecule has 0 bridgehead atoms. The third-order valence-electron chi connectivity index (χ3n) is 2.71. The molecule has 0 saturated carbocycles. The van der Waals surface area contributed by atoms with Crippen LogP contribution in [0.2, 0.25) is 0 Å². The predicted molar refractivity (Wildman–Crippen MR) is 72.3 cm³/mol. The molecule has 0 fully saturated rings. The van der Waals surface area contributed by atoms with E-state index in [1.807, 2.05) is 11.3 Å². The van der Waals surface area contributed by atoms with E-state index >= 15 is 0 Å². The molecule has 1 heteroatoms. The molecule has 0 saturated heterocycles. The van der Waals surface area contributed by atoms with Gasteiger partial charge in [0, 0.05) is 16.2 Å². The highest BCUT2D eigenvalue weighted by molar-refractivity contribution is 7.12. The van der Waals surface area contributed by atoms with Crippen molar-refractivity contribution in [3.8, 4) is 0 Å². The van der Waals surface area contributed by atoms with E-state index in [1.54, 1.807) is 0 Å². The Morgan fingerprint density at radius 1 is 0.938 bits per heavy atom. The van der Waals surface area contributed by atoms with Crippen molar-refractivity contribution in [3.05, 3.63) is 57.3 Å². The number of hydrogen-bond acceptors (Lipinski definition) is 1. The van der Waals surface area contributed by atoms with E-state index in [0.29, 0.717) is 0 Å². The molecule has 0 radical (unpaired) electrons. The van der Waals surface area contributed by atoms with E-state index in [9.17, 15) is 0 Å². The number of thiophene rings is 1. The fourth-order valence-electron chi connectivity index (χ4n) is 1.81. The van der Waals surface area contributed by atoms with Crippen LogP contribution in [-0.4, -0.2) is 0 Å². The van der Waals surface area contributed by atoms with Crippen LogP contribution in [0.25, 0.3) is 0 Å². The van der Waals surface area contributed by atoms with Crippen LogP contribution >= 0.6 is 11.3 Å². The largest absolute Gasteiger partial charge is 0.145 e. The van der Waals surface area contributed by atoms with Crippen LogP contribution in [0, 0.1) is 6.92 Å². The lowest BCUT2D eigenvalue weighted by atomic mass is 10.1. The van der Waals surface area contributed by atoms with Gasteiger partial charge in [-0.15, -0.1) is 11.3 Å². The molecule has 0 atom stereocenters. The van der Waals surface area contributed by atoms with Crippen molar-refractivity contribution < 1.29 is 0 Å². The summed E-state index contributed by atoms with van der Waals surface area (Å²) in [4.78, 5) is 3.00. The molecular formula is C15H18S. The Bertz CT molecular complexity index is 437. The minimum absolute atomic E-state index is 1.08. The summed E-state index contributed by atoms with van der Waals surface area (Å²) in [7, 11) is 0. The highest BCUT2D eigenvalue weighted by atomic mass is 32.1. The molecule has 0 nitrogen and oxygen atoms in total. The van der Waals surface area contributed by atoms with Gasteiger partial charge in [0.2, 0.25) is 0 Å². The molecule has 2 rings (SSSR count). The Morgan fingerprint density at radius 2 is 1.62 bits per heavy atom. The molecule has 1 aromatic heterocycles. The predicted octanol–water partition coefficient (Wildman–Crippen LogP) is 4.60. The average molecular weight is 230 g/mol. The fraction of sp³-hybridized carbons (Fsp3) is 0.333. The smallest absolute Gasteiger partial charge is 0.00919 e. The lowest BCUT2D eigenvalue weighted by Crippen LogP contribution is -1.84. The quantitative estimate of drug-likeness (QED) is 0.720. The van der Waals surface area contributed by atoms with Gasteiger partial charge in [-0.05, 0) is 31.0 Å². The molecule has 0 aliphatic carbocycles. The van der Waals surface area contributed by atoms with Crippen LogP contribution in [0.5, 0.6) is 0 Å². The maximum absolute atomic E-state index is 2.28. The van der Waals surface area contributed by atoms with Crippen LogP contribution < -0.4 is 0 Å². The molecule has 0 amide bonds. The fourth-order valence-corrected chi connectivity index (χ4v) is 2.96. The number of benzene rings is 1. The normalized spacial score (nSPS) is 10.6. The Balaban J connectivity index is 2.05. The van der Waals surface area contributed by atoms with Gasteiger partial charge in [-0.25, -0.2) is 0 Å². The second-order valence-electron chi connectivity index (χ2n) is 4.28. The van der Waals surface area contributed by atoms with Crippen molar-refractivity contribution in [2.75, 3.05) is 0 Å². The Labute approximate surface area is 102 Å². The van der Waals surface area contributed by atoms with E-state index in [0.717, 1.165) is 6.42 Å². The first-order valence-corrected chi connectivity index (χ1v) is 6.72. The molecule has 2 aromatic rings. The van der Waals surface area contributed by atoms with Crippen LogP contribution in [-0.2, 0) is 12.8 Å². The monoisotopic (exact) mass is 230 g/mol. The summed E-state index contributed by atoms with van der Waals surface area (Å²) in [6.45, 7) is 4.37. The molecule has 84 valence electrons. The minimum atomic E-state index is 1.08. The van der Waals surface area contributed by atoms with E-state index < -0.39 is 0 Å². The van der Waals surface area contributed by atoms with Crippen molar-refractivity contribution in [2.24, 2.45) is 0 Å². The van der Waals surface area contributed by atoms with Gasteiger partial charge < -0.3 is 0 Å². The van der Waals surface area contributed by atoms with Gasteiger partial charge in [0.05, 0.1) is 0 Å². The Hall–Kier alpha value is -1.08. The summed E-state index contributed by atoms with van der Waals surface area (Å²) in [5, 5.41) is 0. The number of aryl methyl sites for hydroxylation is 2. The van der Waals surface area contributed by atoms with Gasteiger partial charge in [-0.1, -0.05) is 43.2 Å². The van der Waals surface area contributed by atoms with E-state index in [2.05, 4.69) is 50.2 Å². The average Bonchev–Trinajstić information content (AvgIpc) is 2.70. The van der Waals surface area contributed by atoms with Crippen molar-refractivity contribution >= 4 is 11.3 Å². The van der Waals surface area contributed by atoms with Crippen molar-refractivity contribution in [1.82, 2.24) is 0 Å². The van der Waals surface area contributed by atoms with Gasteiger partial charge in [0.25, 0.3) is 0 Å². The minimum Gasteiger partial charge on any atom is -0.145 e. The van der Waals surface area contributed by atoms with Gasteiger partial charge in [0.1, 0.15) is 0 Å². The summed E-state index contributed by atoms with van der Waals surface area (Å²) in [5.41, 5.74) is 2.75. The van der Waals surface area contributed by atoms with Gasteiger partial charge in [-0.2, -0.15) is 0 Å². The third kappa shape index (κ3) is 2.96. The Kier molecular flexibility index (Phi) is 3.79. The van der Waals surface area contributed by atoms with E-state index in [1.165, 1.54) is 33.7 Å². The molecule has 16 heavy (non-hydrogen) atoms. The molecule has 0 unspecified atom stereocenters. The van der Waals surface area contributed by atoms with Crippen LogP contribution in [0.1, 0.15) is 34.2 Å². The highest BCUT2D eigenvalue weighted by Gasteiger charge is 2.00. The molecule has 0 aliphatic rings. The molecule has 0 spiro atoms. The first kappa shape index (κ1) is 11.4. The zero-order valence-electron chi connectivity index (χ0n) is 9.99. The molecular weight excluding hydrogens is 212 g/mol. The van der Waals surface area contributed by atoms with Gasteiger partial charge >= 0.3 is 0 Å². The van der Waals surface area contributed by atoms with E-state index in [4.69, 9.17) is 0 Å². The number of rotatable bonds is 4. The molecule has 0 N–H and O–H groups in total. The van der Waals surface area contributed by atoms with Crippen LogP contribution in [0.3, 0.4) is 0 Å². The standard InChI is InChI=1S/C15H18S/c1-3-4-14-9-10-15(16-14)11-13-7-5-12(2)6-8-13/h5-10H,3-4,11H2,1-2H3. The summed E-state index contributed by atoms with van der Waals surface area (Å²) in [6, 6.07) is 13.4. The lowest BCUT2D eigenvalue weighted by Gasteiger charge is -1.99. The zero-order chi connectivity index (χ0) is 11.4. The van der Waals surface area contributed by atoms with Crippen molar-refractivity contribution in [1.29, 1.82) is 0 Å². The van der Waals surface area contributed by atoms with Crippen molar-refractivity contribution in [2.45, 2.75) is 33.1 Å². The number of hydrogen-bond donors (Lipinski definition) is 0. The highest BCUT2D eigenvalue weighted by Crippen LogP contribution is 2.21. The zero-order valence-corrected chi connectivity index (χ0v) is 10.8. The third-order valence-corrected chi connectivity index (χ3v) is 3.86. The van der Waals surface area contributed by atoms with Crippen LogP contribution in [0.15, 0.2) is 36.4 Å². The summed E-state index contributed by atoms with van der Waals surface area (Å²) in [5.74, 6) is 0. The van der Waals surface area contributed by atoms with Crippen LogP contribution in [0.4, 0.5) is 0 Å². The maximum atomic E-state index is 2.28. The van der Waals surface area contributed by atoms with Crippen molar-refractivity contribution in [3.63, 3.8) is 0 Å². The summed E-state index contributed by atoms with van der Waals surface area (Å²) in [6.07, 6.45) is 3.54. The first-order chi connectivity index (χ1) is 7.78. The molecule has 1 aromatic carbocycles. The van der Waals surface area contributed by atoms with Gasteiger partial charge in [-0.3, -0.25) is 0 Å². The second-order valence-corrected chi connectivity index (χ2v) is 5.53. The molecule has 1 heterocycles. The summed E-state index contributed by atoms with van der Waals surface area (Å²) >= 11 is 1.96. The molecule has 0 aliphatic heterocycles. The Morgan fingerprint density at radius 3 is 2.31 bits per heavy atom. The first-order valence-electron chi connectivity index (χ1n) is 5.91. The van der Waals surface area contributed by atoms with Gasteiger partial charge in [0.15, 0.2) is 0 Å². The SMILES string of the molecule is CCCc1ccc(Cc2ccc(C)cc2)s1. The maximum Gasteiger partial charge on any atom is 0.00919 e.